The van der Waals surface area contributed by atoms with Crippen molar-refractivity contribution in [2.24, 2.45) is 7.05 Å². The Bertz CT molecular complexity index is 568. The van der Waals surface area contributed by atoms with Crippen molar-refractivity contribution in [2.75, 3.05) is 19.7 Å². The number of piperidine rings is 1. The topological polar surface area (TPSA) is 59.1 Å². The third kappa shape index (κ3) is 3.16. The van der Waals surface area contributed by atoms with Crippen molar-refractivity contribution < 1.29 is 5.11 Å². The van der Waals surface area contributed by atoms with Crippen molar-refractivity contribution in [3.05, 3.63) is 35.9 Å². The second kappa shape index (κ2) is 6.41. The lowest BCUT2D eigenvalue weighted by molar-refractivity contribution is 0.194. The van der Waals surface area contributed by atoms with Gasteiger partial charge in [-0.2, -0.15) is 10.2 Å². The molecule has 1 fully saturated rings. The van der Waals surface area contributed by atoms with E-state index < -0.39 is 0 Å². The fourth-order valence-corrected chi connectivity index (χ4v) is 3.14. The van der Waals surface area contributed by atoms with E-state index in [1.807, 2.05) is 28.8 Å². The molecule has 0 aliphatic carbocycles. The van der Waals surface area contributed by atoms with E-state index >= 15 is 0 Å². The van der Waals surface area contributed by atoms with Crippen molar-refractivity contribution in [1.29, 1.82) is 0 Å². The van der Waals surface area contributed by atoms with Crippen LogP contribution in [0.4, 0.5) is 0 Å². The number of hydrogen-bond acceptors (Lipinski definition) is 4. The van der Waals surface area contributed by atoms with Crippen LogP contribution >= 0.6 is 0 Å². The molecule has 3 heterocycles. The SMILES string of the molecule is Cn1nccc1CN1CCC(c2ccnn2CCO)CC1. The number of aliphatic hydroxyl groups excluding tert-OH is 1. The van der Waals surface area contributed by atoms with Gasteiger partial charge < -0.3 is 5.11 Å². The first-order valence-electron chi connectivity index (χ1n) is 7.59. The Balaban J connectivity index is 1.57. The molecule has 2 aromatic heterocycles. The lowest BCUT2D eigenvalue weighted by Gasteiger charge is -2.32. The molecule has 0 bridgehead atoms. The van der Waals surface area contributed by atoms with Crippen LogP contribution in [0.15, 0.2) is 24.5 Å². The van der Waals surface area contributed by atoms with Crippen LogP contribution in [0.25, 0.3) is 0 Å². The fourth-order valence-electron chi connectivity index (χ4n) is 3.14. The highest BCUT2D eigenvalue weighted by Crippen LogP contribution is 2.28. The molecule has 1 aliphatic rings. The van der Waals surface area contributed by atoms with Gasteiger partial charge in [0, 0.05) is 37.6 Å². The molecule has 114 valence electrons. The van der Waals surface area contributed by atoms with E-state index in [0.29, 0.717) is 12.5 Å². The summed E-state index contributed by atoms with van der Waals surface area (Å²) in [6, 6.07) is 4.18. The van der Waals surface area contributed by atoms with Crippen molar-refractivity contribution in [2.45, 2.75) is 31.8 Å². The third-order valence-corrected chi connectivity index (χ3v) is 4.38. The number of nitrogens with zero attached hydrogens (tertiary/aromatic N) is 5. The summed E-state index contributed by atoms with van der Waals surface area (Å²) in [5.74, 6) is 0.557. The summed E-state index contributed by atoms with van der Waals surface area (Å²) in [6.45, 7) is 3.91. The molecule has 0 spiro atoms. The third-order valence-electron chi connectivity index (χ3n) is 4.38. The van der Waals surface area contributed by atoms with Gasteiger partial charge in [-0.05, 0) is 38.1 Å². The summed E-state index contributed by atoms with van der Waals surface area (Å²) in [6.07, 6.45) is 5.99. The van der Waals surface area contributed by atoms with Gasteiger partial charge in [-0.3, -0.25) is 14.3 Å². The Morgan fingerprint density at radius 2 is 1.95 bits per heavy atom. The second-order valence-electron chi connectivity index (χ2n) is 5.70. The van der Waals surface area contributed by atoms with Crippen LogP contribution in [0.2, 0.25) is 0 Å². The number of aryl methyl sites for hydroxylation is 1. The van der Waals surface area contributed by atoms with Crippen LogP contribution in [0.3, 0.4) is 0 Å². The first kappa shape index (κ1) is 14.3. The van der Waals surface area contributed by atoms with Crippen molar-refractivity contribution in [3.63, 3.8) is 0 Å². The molecule has 0 radical (unpaired) electrons. The van der Waals surface area contributed by atoms with Crippen LogP contribution < -0.4 is 0 Å². The maximum absolute atomic E-state index is 9.10. The summed E-state index contributed by atoms with van der Waals surface area (Å²) in [7, 11) is 2.00. The predicted molar refractivity (Wildman–Crippen MR) is 79.8 cm³/mol. The van der Waals surface area contributed by atoms with Crippen LogP contribution in [0.5, 0.6) is 0 Å². The van der Waals surface area contributed by atoms with Gasteiger partial charge in [0.1, 0.15) is 0 Å². The number of rotatable bonds is 5. The van der Waals surface area contributed by atoms with Gasteiger partial charge in [0.2, 0.25) is 0 Å². The number of likely N-dealkylation sites (tertiary alicyclic amines) is 1. The van der Waals surface area contributed by atoms with E-state index in [0.717, 1.165) is 32.5 Å². The number of hydrogen-bond donors (Lipinski definition) is 1. The minimum atomic E-state index is 0.147. The first-order chi connectivity index (χ1) is 10.3. The van der Waals surface area contributed by atoms with E-state index in [4.69, 9.17) is 5.11 Å². The highest BCUT2D eigenvalue weighted by molar-refractivity contribution is 5.10. The lowest BCUT2D eigenvalue weighted by atomic mass is 9.93. The van der Waals surface area contributed by atoms with Gasteiger partial charge in [0.15, 0.2) is 0 Å². The molecule has 1 saturated heterocycles. The molecule has 1 aliphatic heterocycles. The molecule has 0 saturated carbocycles. The minimum absolute atomic E-state index is 0.147. The van der Waals surface area contributed by atoms with E-state index in [1.165, 1.54) is 11.4 Å². The zero-order chi connectivity index (χ0) is 14.7. The Morgan fingerprint density at radius 1 is 1.19 bits per heavy atom. The molecule has 0 unspecified atom stereocenters. The molecule has 3 rings (SSSR count). The average molecular weight is 289 g/mol. The zero-order valence-electron chi connectivity index (χ0n) is 12.5. The first-order valence-corrected chi connectivity index (χ1v) is 7.59. The van der Waals surface area contributed by atoms with Crippen LogP contribution in [-0.2, 0) is 20.1 Å². The molecule has 2 aromatic rings. The number of aromatic nitrogens is 4. The minimum Gasteiger partial charge on any atom is -0.394 e. The predicted octanol–water partition coefficient (Wildman–Crippen LogP) is 0.988. The Labute approximate surface area is 125 Å². The molecular formula is C15H23N5O. The van der Waals surface area contributed by atoms with Crippen LogP contribution in [-0.4, -0.2) is 49.3 Å². The van der Waals surface area contributed by atoms with E-state index in [2.05, 4.69) is 27.2 Å². The number of aliphatic hydroxyl groups is 1. The zero-order valence-corrected chi connectivity index (χ0v) is 12.5. The molecule has 0 atom stereocenters. The van der Waals surface area contributed by atoms with Gasteiger partial charge in [-0.15, -0.1) is 0 Å². The maximum Gasteiger partial charge on any atom is 0.0644 e. The van der Waals surface area contributed by atoms with Crippen molar-refractivity contribution in [3.8, 4) is 0 Å². The molecule has 21 heavy (non-hydrogen) atoms. The van der Waals surface area contributed by atoms with Gasteiger partial charge >= 0.3 is 0 Å². The smallest absolute Gasteiger partial charge is 0.0644 e. The summed E-state index contributed by atoms with van der Waals surface area (Å²) >= 11 is 0. The molecule has 6 nitrogen and oxygen atoms in total. The fraction of sp³-hybridized carbons (Fsp3) is 0.600. The Hall–Kier alpha value is -1.66. The Morgan fingerprint density at radius 3 is 2.62 bits per heavy atom. The van der Waals surface area contributed by atoms with Gasteiger partial charge in [-0.25, -0.2) is 0 Å². The van der Waals surface area contributed by atoms with Gasteiger partial charge in [0.05, 0.1) is 18.8 Å². The largest absolute Gasteiger partial charge is 0.394 e. The standard InChI is InChI=1S/C15H23N5O/c1-18-14(2-6-16-18)12-19-8-4-13(5-9-19)15-3-7-17-20(15)10-11-21/h2-3,6-7,13,21H,4-5,8-12H2,1H3. The molecule has 0 amide bonds. The van der Waals surface area contributed by atoms with Crippen molar-refractivity contribution in [1.82, 2.24) is 24.5 Å². The highest BCUT2D eigenvalue weighted by Gasteiger charge is 2.23. The quantitative estimate of drug-likeness (QED) is 0.892. The normalized spacial score (nSPS) is 17.4. The van der Waals surface area contributed by atoms with Crippen molar-refractivity contribution >= 4 is 0 Å². The molecule has 0 aromatic carbocycles. The highest BCUT2D eigenvalue weighted by atomic mass is 16.3. The maximum atomic E-state index is 9.10. The molecule has 1 N–H and O–H groups in total. The summed E-state index contributed by atoms with van der Waals surface area (Å²) < 4.78 is 3.89. The van der Waals surface area contributed by atoms with Gasteiger partial charge in [-0.1, -0.05) is 0 Å². The summed E-state index contributed by atoms with van der Waals surface area (Å²) in [4.78, 5) is 2.49. The van der Waals surface area contributed by atoms with E-state index in [9.17, 15) is 0 Å². The summed E-state index contributed by atoms with van der Waals surface area (Å²) in [5, 5.41) is 17.6. The van der Waals surface area contributed by atoms with E-state index in [-0.39, 0.29) is 6.61 Å². The lowest BCUT2D eigenvalue weighted by Crippen LogP contribution is -2.33. The van der Waals surface area contributed by atoms with E-state index in [1.54, 1.807) is 0 Å². The van der Waals surface area contributed by atoms with Gasteiger partial charge in [0.25, 0.3) is 0 Å². The Kier molecular flexibility index (Phi) is 4.36. The molecular weight excluding hydrogens is 266 g/mol. The second-order valence-corrected chi connectivity index (χ2v) is 5.70. The molecule has 6 heteroatoms. The van der Waals surface area contributed by atoms with Crippen LogP contribution in [0.1, 0.15) is 30.1 Å². The average Bonchev–Trinajstić information content (AvgIpc) is 3.10. The van der Waals surface area contributed by atoms with Crippen LogP contribution in [0, 0.1) is 0 Å². The monoisotopic (exact) mass is 289 g/mol. The summed E-state index contributed by atoms with van der Waals surface area (Å²) in [5.41, 5.74) is 2.53.